The third-order valence-corrected chi connectivity index (χ3v) is 4.30. The second kappa shape index (κ2) is 6.45. The van der Waals surface area contributed by atoms with Crippen LogP contribution < -0.4 is 4.90 Å². The van der Waals surface area contributed by atoms with Gasteiger partial charge < -0.3 is 10.0 Å². The zero-order valence-corrected chi connectivity index (χ0v) is 13.7. The lowest BCUT2D eigenvalue weighted by Gasteiger charge is -2.19. The minimum absolute atomic E-state index is 0.174. The summed E-state index contributed by atoms with van der Waals surface area (Å²) in [6, 6.07) is 7.06. The van der Waals surface area contributed by atoms with Crippen LogP contribution in [0.1, 0.15) is 40.7 Å². The van der Waals surface area contributed by atoms with E-state index in [-0.39, 0.29) is 11.5 Å². The number of carboxylic acids is 1. The molecule has 112 valence electrons. The summed E-state index contributed by atoms with van der Waals surface area (Å²) in [5, 5.41) is 9.23. The number of hydrogen-bond acceptors (Lipinski definition) is 4. The highest BCUT2D eigenvalue weighted by Gasteiger charge is 2.14. The monoisotopic (exact) mass is 324 g/mol. The molecule has 0 aromatic carbocycles. The number of halogens is 1. The lowest BCUT2D eigenvalue weighted by molar-refractivity contribution is 0.0696. The van der Waals surface area contributed by atoms with Crippen LogP contribution in [-0.4, -0.2) is 23.1 Å². The van der Waals surface area contributed by atoms with E-state index in [0.717, 1.165) is 14.9 Å². The van der Waals surface area contributed by atoms with Gasteiger partial charge in [-0.1, -0.05) is 25.4 Å². The van der Waals surface area contributed by atoms with Gasteiger partial charge in [0.2, 0.25) is 0 Å². The topological polar surface area (TPSA) is 53.4 Å². The highest BCUT2D eigenvalue weighted by molar-refractivity contribution is 7.16. The molecule has 21 heavy (non-hydrogen) atoms. The summed E-state index contributed by atoms with van der Waals surface area (Å²) in [4.78, 5) is 18.8. The molecule has 0 aliphatic carbocycles. The van der Waals surface area contributed by atoms with E-state index in [1.54, 1.807) is 12.1 Å². The Hall–Kier alpha value is -1.59. The summed E-state index contributed by atoms with van der Waals surface area (Å²) in [6.45, 7) is 4.64. The lowest BCUT2D eigenvalue weighted by Crippen LogP contribution is -2.18. The number of aromatic carboxylic acids is 1. The van der Waals surface area contributed by atoms with Gasteiger partial charge in [0, 0.05) is 17.6 Å². The Balaban J connectivity index is 2.30. The van der Waals surface area contributed by atoms with Crippen LogP contribution in [0.25, 0.3) is 0 Å². The molecular weight excluding hydrogens is 308 g/mol. The number of anilines is 1. The third kappa shape index (κ3) is 3.95. The number of aromatic nitrogens is 1. The van der Waals surface area contributed by atoms with Crippen molar-refractivity contribution in [2.24, 2.45) is 0 Å². The Morgan fingerprint density at radius 1 is 1.43 bits per heavy atom. The van der Waals surface area contributed by atoms with Crippen molar-refractivity contribution in [1.29, 1.82) is 0 Å². The molecule has 0 aliphatic heterocycles. The highest BCUT2D eigenvalue weighted by atomic mass is 35.5. The fourth-order valence-electron chi connectivity index (χ4n) is 1.90. The van der Waals surface area contributed by atoms with E-state index in [9.17, 15) is 9.90 Å². The molecule has 4 nitrogen and oxygen atoms in total. The third-order valence-electron chi connectivity index (χ3n) is 3.08. The second-order valence-electron chi connectivity index (χ2n) is 5.16. The SMILES string of the molecule is CC(C)c1cc(C(=O)O)cc(N(C)Cc2ccc(Cl)s2)n1. The summed E-state index contributed by atoms with van der Waals surface area (Å²) < 4.78 is 0.744. The predicted molar refractivity (Wildman–Crippen MR) is 86.7 cm³/mol. The number of rotatable bonds is 5. The van der Waals surface area contributed by atoms with Gasteiger partial charge in [-0.05, 0) is 30.2 Å². The smallest absolute Gasteiger partial charge is 0.335 e. The summed E-state index contributed by atoms with van der Waals surface area (Å²) in [5.41, 5.74) is 1.04. The molecule has 0 saturated heterocycles. The van der Waals surface area contributed by atoms with Gasteiger partial charge >= 0.3 is 5.97 Å². The number of nitrogens with zero attached hydrogens (tertiary/aromatic N) is 2. The molecule has 2 aromatic rings. The molecule has 0 bridgehead atoms. The van der Waals surface area contributed by atoms with Gasteiger partial charge in [-0.15, -0.1) is 11.3 Å². The second-order valence-corrected chi connectivity index (χ2v) is 6.96. The molecule has 0 amide bonds. The molecule has 2 rings (SSSR count). The van der Waals surface area contributed by atoms with E-state index in [1.807, 2.05) is 37.9 Å². The first-order valence-corrected chi connectivity index (χ1v) is 7.77. The van der Waals surface area contributed by atoms with Crippen molar-refractivity contribution < 1.29 is 9.90 Å². The van der Waals surface area contributed by atoms with Crippen molar-refractivity contribution in [3.05, 3.63) is 44.7 Å². The lowest BCUT2D eigenvalue weighted by atomic mass is 10.1. The largest absolute Gasteiger partial charge is 0.478 e. The first kappa shape index (κ1) is 15.8. The van der Waals surface area contributed by atoms with E-state index in [1.165, 1.54) is 11.3 Å². The molecule has 1 N–H and O–H groups in total. The van der Waals surface area contributed by atoms with E-state index >= 15 is 0 Å². The van der Waals surface area contributed by atoms with Crippen molar-refractivity contribution in [2.45, 2.75) is 26.3 Å². The molecule has 0 saturated carbocycles. The van der Waals surface area contributed by atoms with Crippen LogP contribution in [0.4, 0.5) is 5.82 Å². The minimum atomic E-state index is -0.937. The standard InChI is InChI=1S/C15H17ClN2O2S/c1-9(2)12-6-10(15(19)20)7-14(17-12)18(3)8-11-4-5-13(16)21-11/h4-7,9H,8H2,1-3H3,(H,19,20). The van der Waals surface area contributed by atoms with Crippen molar-refractivity contribution >= 4 is 34.7 Å². The Morgan fingerprint density at radius 3 is 2.67 bits per heavy atom. The summed E-state index contributed by atoms with van der Waals surface area (Å²) >= 11 is 7.44. The van der Waals surface area contributed by atoms with Crippen molar-refractivity contribution in [3.63, 3.8) is 0 Å². The molecular formula is C15H17ClN2O2S. The van der Waals surface area contributed by atoms with Crippen LogP contribution in [0.2, 0.25) is 4.34 Å². The Kier molecular flexibility index (Phi) is 4.85. The molecule has 0 atom stereocenters. The molecule has 6 heteroatoms. The van der Waals surface area contributed by atoms with E-state index < -0.39 is 5.97 Å². The average Bonchev–Trinajstić information content (AvgIpc) is 2.83. The van der Waals surface area contributed by atoms with Gasteiger partial charge in [-0.3, -0.25) is 0 Å². The fraction of sp³-hybridized carbons (Fsp3) is 0.333. The molecule has 0 aliphatic rings. The predicted octanol–water partition coefficient (Wildman–Crippen LogP) is 4.25. The normalized spacial score (nSPS) is 10.9. The molecule has 0 unspecified atom stereocenters. The summed E-state index contributed by atoms with van der Waals surface area (Å²) in [5.74, 6) is -0.108. The van der Waals surface area contributed by atoms with E-state index in [4.69, 9.17) is 11.6 Å². The van der Waals surface area contributed by atoms with Crippen LogP contribution in [0.15, 0.2) is 24.3 Å². The van der Waals surface area contributed by atoms with E-state index in [0.29, 0.717) is 12.4 Å². The Morgan fingerprint density at radius 2 is 2.14 bits per heavy atom. The van der Waals surface area contributed by atoms with Gasteiger partial charge in [-0.25, -0.2) is 9.78 Å². The van der Waals surface area contributed by atoms with Gasteiger partial charge in [0.15, 0.2) is 0 Å². The first-order chi connectivity index (χ1) is 9.86. The quantitative estimate of drug-likeness (QED) is 0.893. The Labute approximate surface area is 133 Å². The molecule has 0 spiro atoms. The van der Waals surface area contributed by atoms with Crippen LogP contribution >= 0.6 is 22.9 Å². The summed E-state index contributed by atoms with van der Waals surface area (Å²) in [7, 11) is 1.89. The number of carbonyl (C=O) groups is 1. The van der Waals surface area contributed by atoms with Gasteiger partial charge in [0.25, 0.3) is 0 Å². The molecule has 0 radical (unpaired) electrons. The zero-order chi connectivity index (χ0) is 15.6. The maximum atomic E-state index is 11.3. The zero-order valence-electron chi connectivity index (χ0n) is 12.1. The van der Waals surface area contributed by atoms with Crippen LogP contribution in [0, 0.1) is 0 Å². The maximum absolute atomic E-state index is 11.3. The maximum Gasteiger partial charge on any atom is 0.335 e. The van der Waals surface area contributed by atoms with Crippen molar-refractivity contribution in [3.8, 4) is 0 Å². The summed E-state index contributed by atoms with van der Waals surface area (Å²) in [6.07, 6.45) is 0. The fourth-order valence-corrected chi connectivity index (χ4v) is 3.04. The van der Waals surface area contributed by atoms with E-state index in [2.05, 4.69) is 4.98 Å². The van der Waals surface area contributed by atoms with Gasteiger partial charge in [0.1, 0.15) is 5.82 Å². The van der Waals surface area contributed by atoms with Crippen molar-refractivity contribution in [1.82, 2.24) is 4.98 Å². The number of hydrogen-bond donors (Lipinski definition) is 1. The first-order valence-electron chi connectivity index (χ1n) is 6.57. The minimum Gasteiger partial charge on any atom is -0.478 e. The van der Waals surface area contributed by atoms with Crippen LogP contribution in [-0.2, 0) is 6.54 Å². The van der Waals surface area contributed by atoms with Crippen LogP contribution in [0.3, 0.4) is 0 Å². The van der Waals surface area contributed by atoms with Crippen molar-refractivity contribution in [2.75, 3.05) is 11.9 Å². The van der Waals surface area contributed by atoms with Gasteiger partial charge in [0.05, 0.1) is 16.4 Å². The highest BCUT2D eigenvalue weighted by Crippen LogP contribution is 2.25. The van der Waals surface area contributed by atoms with Gasteiger partial charge in [-0.2, -0.15) is 0 Å². The average molecular weight is 325 g/mol. The number of pyridine rings is 1. The molecule has 2 aromatic heterocycles. The Bertz CT molecular complexity index is 655. The number of thiophene rings is 1. The number of carboxylic acid groups (broad SMARTS) is 1. The molecule has 2 heterocycles. The molecule has 0 fully saturated rings. The van der Waals surface area contributed by atoms with Crippen LogP contribution in [0.5, 0.6) is 0 Å².